The normalized spacial score (nSPS) is 16.3. The van der Waals surface area contributed by atoms with Crippen LogP contribution in [0.4, 0.5) is 0 Å². The lowest BCUT2D eigenvalue weighted by Gasteiger charge is -2.23. The SMILES string of the molecule is O=C(NCCc1ccco1)C1CCC1. The van der Waals surface area contributed by atoms with Crippen molar-refractivity contribution in [3.05, 3.63) is 24.2 Å². The maximum absolute atomic E-state index is 11.4. The lowest BCUT2D eigenvalue weighted by Crippen LogP contribution is -2.35. The molecule has 0 saturated heterocycles. The molecule has 0 aromatic carbocycles. The van der Waals surface area contributed by atoms with E-state index in [4.69, 9.17) is 4.42 Å². The number of furan rings is 1. The van der Waals surface area contributed by atoms with Gasteiger partial charge in [-0.15, -0.1) is 0 Å². The molecule has 1 aliphatic carbocycles. The summed E-state index contributed by atoms with van der Waals surface area (Å²) in [5.74, 6) is 1.42. The highest BCUT2D eigenvalue weighted by atomic mass is 16.3. The lowest BCUT2D eigenvalue weighted by atomic mass is 9.85. The van der Waals surface area contributed by atoms with Gasteiger partial charge in [-0.2, -0.15) is 0 Å². The van der Waals surface area contributed by atoms with Gasteiger partial charge in [-0.1, -0.05) is 6.42 Å². The van der Waals surface area contributed by atoms with Gasteiger partial charge in [0.2, 0.25) is 5.91 Å². The Balaban J connectivity index is 1.65. The quantitative estimate of drug-likeness (QED) is 0.791. The Hall–Kier alpha value is -1.25. The monoisotopic (exact) mass is 193 g/mol. The summed E-state index contributed by atoms with van der Waals surface area (Å²) in [5, 5.41) is 2.92. The molecule has 1 fully saturated rings. The summed E-state index contributed by atoms with van der Waals surface area (Å²) in [5.41, 5.74) is 0. The Kier molecular flexibility index (Phi) is 2.87. The van der Waals surface area contributed by atoms with E-state index in [1.165, 1.54) is 6.42 Å². The number of carbonyl (C=O) groups is 1. The van der Waals surface area contributed by atoms with Gasteiger partial charge < -0.3 is 9.73 Å². The first-order valence-corrected chi connectivity index (χ1v) is 5.16. The first kappa shape index (κ1) is 9.31. The number of rotatable bonds is 4. The highest BCUT2D eigenvalue weighted by Gasteiger charge is 2.24. The number of amides is 1. The molecule has 0 aliphatic heterocycles. The molecular weight excluding hydrogens is 178 g/mol. The van der Waals surface area contributed by atoms with E-state index in [2.05, 4.69) is 5.32 Å². The third-order valence-corrected chi connectivity index (χ3v) is 2.73. The topological polar surface area (TPSA) is 42.2 Å². The third-order valence-electron chi connectivity index (χ3n) is 2.73. The summed E-state index contributed by atoms with van der Waals surface area (Å²) in [6, 6.07) is 3.79. The van der Waals surface area contributed by atoms with Crippen LogP contribution in [0.1, 0.15) is 25.0 Å². The second-order valence-electron chi connectivity index (χ2n) is 3.75. The van der Waals surface area contributed by atoms with Gasteiger partial charge in [-0.3, -0.25) is 4.79 Å². The van der Waals surface area contributed by atoms with Crippen LogP contribution >= 0.6 is 0 Å². The molecule has 0 atom stereocenters. The van der Waals surface area contributed by atoms with Gasteiger partial charge in [0.15, 0.2) is 0 Å². The molecule has 14 heavy (non-hydrogen) atoms. The Morgan fingerprint density at radius 3 is 3.00 bits per heavy atom. The molecule has 0 spiro atoms. The number of hydrogen-bond acceptors (Lipinski definition) is 2. The Bertz CT molecular complexity index is 288. The summed E-state index contributed by atoms with van der Waals surface area (Å²) in [6.07, 6.45) is 5.77. The van der Waals surface area contributed by atoms with Crippen molar-refractivity contribution >= 4 is 5.91 Å². The van der Waals surface area contributed by atoms with Crippen molar-refractivity contribution in [2.24, 2.45) is 5.92 Å². The highest BCUT2D eigenvalue weighted by molar-refractivity contribution is 5.79. The minimum atomic E-state index is 0.211. The fraction of sp³-hybridized carbons (Fsp3) is 0.545. The molecule has 0 radical (unpaired) electrons. The molecule has 3 heteroatoms. The van der Waals surface area contributed by atoms with E-state index in [9.17, 15) is 4.79 Å². The van der Waals surface area contributed by atoms with Gasteiger partial charge in [0.05, 0.1) is 6.26 Å². The molecule has 1 N–H and O–H groups in total. The van der Waals surface area contributed by atoms with Crippen LogP contribution in [0.2, 0.25) is 0 Å². The minimum absolute atomic E-state index is 0.211. The highest BCUT2D eigenvalue weighted by Crippen LogP contribution is 2.25. The summed E-state index contributed by atoms with van der Waals surface area (Å²) < 4.78 is 5.16. The molecule has 76 valence electrons. The van der Waals surface area contributed by atoms with Crippen molar-refractivity contribution in [3.8, 4) is 0 Å². The third kappa shape index (κ3) is 2.16. The second kappa shape index (κ2) is 4.31. The van der Waals surface area contributed by atoms with Crippen LogP contribution in [0.3, 0.4) is 0 Å². The number of carbonyl (C=O) groups excluding carboxylic acids is 1. The van der Waals surface area contributed by atoms with Crippen LogP contribution in [-0.2, 0) is 11.2 Å². The van der Waals surface area contributed by atoms with Crippen molar-refractivity contribution in [2.75, 3.05) is 6.54 Å². The average Bonchev–Trinajstić information content (AvgIpc) is 2.53. The van der Waals surface area contributed by atoms with Gasteiger partial charge in [0.25, 0.3) is 0 Å². The smallest absolute Gasteiger partial charge is 0.223 e. The van der Waals surface area contributed by atoms with E-state index in [0.717, 1.165) is 25.0 Å². The fourth-order valence-corrected chi connectivity index (χ4v) is 1.58. The van der Waals surface area contributed by atoms with Crippen molar-refractivity contribution in [1.29, 1.82) is 0 Å². The average molecular weight is 193 g/mol. The predicted molar refractivity (Wildman–Crippen MR) is 52.8 cm³/mol. The molecule has 1 aliphatic rings. The first-order valence-electron chi connectivity index (χ1n) is 5.16. The Morgan fingerprint density at radius 1 is 1.57 bits per heavy atom. The predicted octanol–water partition coefficient (Wildman–Crippen LogP) is 1.74. The van der Waals surface area contributed by atoms with Crippen molar-refractivity contribution < 1.29 is 9.21 Å². The second-order valence-corrected chi connectivity index (χ2v) is 3.75. The van der Waals surface area contributed by atoms with Crippen LogP contribution in [0, 0.1) is 5.92 Å². The Morgan fingerprint density at radius 2 is 2.43 bits per heavy atom. The summed E-state index contributed by atoms with van der Waals surface area (Å²) in [6.45, 7) is 0.683. The van der Waals surface area contributed by atoms with E-state index in [-0.39, 0.29) is 11.8 Å². The van der Waals surface area contributed by atoms with E-state index < -0.39 is 0 Å². The molecule has 0 unspecified atom stereocenters. The fourth-order valence-electron chi connectivity index (χ4n) is 1.58. The first-order chi connectivity index (χ1) is 6.86. The maximum Gasteiger partial charge on any atom is 0.223 e. The van der Waals surface area contributed by atoms with Crippen LogP contribution in [0.15, 0.2) is 22.8 Å². The van der Waals surface area contributed by atoms with Gasteiger partial charge in [-0.25, -0.2) is 0 Å². The van der Waals surface area contributed by atoms with Crippen LogP contribution in [-0.4, -0.2) is 12.5 Å². The standard InChI is InChI=1S/C11H15NO2/c13-11(9-3-1-4-9)12-7-6-10-5-2-8-14-10/h2,5,8-9H,1,3-4,6-7H2,(H,12,13). The molecule has 2 rings (SSSR count). The van der Waals surface area contributed by atoms with Crippen molar-refractivity contribution in [1.82, 2.24) is 5.32 Å². The van der Waals surface area contributed by atoms with Gasteiger partial charge in [0, 0.05) is 18.9 Å². The molecule has 1 heterocycles. The zero-order valence-corrected chi connectivity index (χ0v) is 8.16. The maximum atomic E-state index is 11.4. The van der Waals surface area contributed by atoms with Crippen LogP contribution < -0.4 is 5.32 Å². The van der Waals surface area contributed by atoms with E-state index in [1.807, 2.05) is 12.1 Å². The molecule has 3 nitrogen and oxygen atoms in total. The largest absolute Gasteiger partial charge is 0.469 e. The lowest BCUT2D eigenvalue weighted by molar-refractivity contribution is -0.127. The van der Waals surface area contributed by atoms with Gasteiger partial charge in [0.1, 0.15) is 5.76 Å². The molecule has 0 bridgehead atoms. The molecule has 1 aromatic heterocycles. The molecule has 1 saturated carbocycles. The van der Waals surface area contributed by atoms with E-state index in [0.29, 0.717) is 6.54 Å². The van der Waals surface area contributed by atoms with E-state index in [1.54, 1.807) is 6.26 Å². The van der Waals surface area contributed by atoms with Gasteiger partial charge >= 0.3 is 0 Å². The number of hydrogen-bond donors (Lipinski definition) is 1. The van der Waals surface area contributed by atoms with Crippen LogP contribution in [0.5, 0.6) is 0 Å². The zero-order chi connectivity index (χ0) is 9.80. The summed E-state index contributed by atoms with van der Waals surface area (Å²) in [7, 11) is 0. The van der Waals surface area contributed by atoms with Crippen LogP contribution in [0.25, 0.3) is 0 Å². The molecule has 1 amide bonds. The molecular formula is C11H15NO2. The Labute approximate surface area is 83.5 Å². The summed E-state index contributed by atoms with van der Waals surface area (Å²) >= 11 is 0. The van der Waals surface area contributed by atoms with Crippen molar-refractivity contribution in [2.45, 2.75) is 25.7 Å². The molecule has 1 aromatic rings. The van der Waals surface area contributed by atoms with Crippen molar-refractivity contribution in [3.63, 3.8) is 0 Å². The summed E-state index contributed by atoms with van der Waals surface area (Å²) in [4.78, 5) is 11.4. The van der Waals surface area contributed by atoms with Gasteiger partial charge in [-0.05, 0) is 25.0 Å². The number of nitrogens with one attached hydrogen (secondary N) is 1. The minimum Gasteiger partial charge on any atom is -0.469 e. The zero-order valence-electron chi connectivity index (χ0n) is 8.16. The van der Waals surface area contributed by atoms with E-state index >= 15 is 0 Å².